The molecule has 1 radical (unpaired) electrons. The summed E-state index contributed by atoms with van der Waals surface area (Å²) in [5.74, 6) is 0.892. The fraction of sp³-hybridized carbons (Fsp3) is 0.364. The van der Waals surface area contributed by atoms with Gasteiger partial charge in [-0.3, -0.25) is 0 Å². The van der Waals surface area contributed by atoms with E-state index < -0.39 is 0 Å². The quantitative estimate of drug-likeness (QED) is 0.616. The molecule has 0 aliphatic carbocycles. The van der Waals surface area contributed by atoms with E-state index in [1.807, 2.05) is 18.2 Å². The van der Waals surface area contributed by atoms with E-state index in [0.29, 0.717) is 0 Å². The smallest absolute Gasteiger partial charge is 0.125 e. The summed E-state index contributed by atoms with van der Waals surface area (Å²) in [6.45, 7) is 4.15. The van der Waals surface area contributed by atoms with Crippen LogP contribution in [0, 0.1) is 6.42 Å². The maximum absolute atomic E-state index is 6.02. The standard InChI is InChI=1S/C11H12ClO/c1-11(2)7-6-8-9(12)4-3-5-10(8)13-11/h3-6H,7H2,1-2H3. The summed E-state index contributed by atoms with van der Waals surface area (Å²) >= 11 is 6.02. The van der Waals surface area contributed by atoms with Crippen molar-refractivity contribution in [2.75, 3.05) is 0 Å². The predicted octanol–water partition coefficient (Wildman–Crippen LogP) is 3.45. The fourth-order valence-corrected chi connectivity index (χ4v) is 1.73. The summed E-state index contributed by atoms with van der Waals surface area (Å²) in [5, 5.41) is 0.771. The first-order valence-electron chi connectivity index (χ1n) is 4.39. The van der Waals surface area contributed by atoms with Crippen LogP contribution in [-0.2, 0) is 0 Å². The number of ether oxygens (including phenoxy) is 1. The topological polar surface area (TPSA) is 9.23 Å². The molecule has 1 aliphatic rings. The molecule has 0 fully saturated rings. The van der Waals surface area contributed by atoms with Crippen molar-refractivity contribution in [1.29, 1.82) is 0 Å². The average molecular weight is 196 g/mol. The highest BCUT2D eigenvalue weighted by atomic mass is 35.5. The monoisotopic (exact) mass is 195 g/mol. The minimum atomic E-state index is -0.0995. The normalized spacial score (nSPS) is 19.0. The molecule has 0 amide bonds. The van der Waals surface area contributed by atoms with E-state index >= 15 is 0 Å². The molecule has 0 saturated carbocycles. The first kappa shape index (κ1) is 8.89. The van der Waals surface area contributed by atoms with Crippen molar-refractivity contribution in [3.8, 4) is 5.75 Å². The molecule has 0 saturated heterocycles. The molecule has 0 N–H and O–H groups in total. The van der Waals surface area contributed by atoms with E-state index in [4.69, 9.17) is 16.3 Å². The van der Waals surface area contributed by atoms with Crippen molar-refractivity contribution in [2.24, 2.45) is 0 Å². The molecule has 0 spiro atoms. The van der Waals surface area contributed by atoms with Gasteiger partial charge in [0.1, 0.15) is 11.4 Å². The number of rotatable bonds is 0. The molecule has 1 aromatic rings. The zero-order valence-corrected chi connectivity index (χ0v) is 8.56. The SMILES string of the molecule is CC1(C)C[CH]c2c(Cl)cccc2O1. The van der Waals surface area contributed by atoms with E-state index in [0.717, 1.165) is 22.8 Å². The Bertz CT molecular complexity index is 331. The van der Waals surface area contributed by atoms with Crippen LogP contribution in [-0.4, -0.2) is 5.60 Å². The van der Waals surface area contributed by atoms with Crippen LogP contribution in [0.1, 0.15) is 25.8 Å². The fourth-order valence-electron chi connectivity index (χ4n) is 1.49. The van der Waals surface area contributed by atoms with Crippen molar-refractivity contribution in [2.45, 2.75) is 25.9 Å². The lowest BCUT2D eigenvalue weighted by Crippen LogP contribution is -2.31. The molecule has 2 rings (SSSR count). The third kappa shape index (κ3) is 1.66. The number of hydrogen-bond donors (Lipinski definition) is 0. The largest absolute Gasteiger partial charge is 0.487 e. The molecule has 2 heteroatoms. The molecule has 69 valence electrons. The Morgan fingerprint density at radius 2 is 2.15 bits per heavy atom. The van der Waals surface area contributed by atoms with E-state index in [2.05, 4.69) is 20.3 Å². The molecule has 1 aromatic carbocycles. The van der Waals surface area contributed by atoms with Crippen molar-refractivity contribution in [3.05, 3.63) is 35.2 Å². The minimum Gasteiger partial charge on any atom is -0.487 e. The first-order valence-corrected chi connectivity index (χ1v) is 4.77. The van der Waals surface area contributed by atoms with Gasteiger partial charge in [0.25, 0.3) is 0 Å². The number of halogens is 1. The Morgan fingerprint density at radius 3 is 2.92 bits per heavy atom. The molecular formula is C11H12ClO. The van der Waals surface area contributed by atoms with Crippen molar-refractivity contribution >= 4 is 11.6 Å². The summed E-state index contributed by atoms with van der Waals surface area (Å²) in [6, 6.07) is 5.76. The second-order valence-corrected chi connectivity index (χ2v) is 4.33. The predicted molar refractivity (Wildman–Crippen MR) is 54.2 cm³/mol. The molecule has 0 unspecified atom stereocenters. The number of hydrogen-bond acceptors (Lipinski definition) is 1. The maximum atomic E-state index is 6.02. The zero-order chi connectivity index (χ0) is 9.47. The van der Waals surface area contributed by atoms with Crippen LogP contribution < -0.4 is 4.74 Å². The lowest BCUT2D eigenvalue weighted by Gasteiger charge is -2.32. The van der Waals surface area contributed by atoms with Crippen LogP contribution in [0.3, 0.4) is 0 Å². The van der Waals surface area contributed by atoms with Gasteiger partial charge in [-0.1, -0.05) is 17.7 Å². The van der Waals surface area contributed by atoms with Crippen molar-refractivity contribution < 1.29 is 4.74 Å². The van der Waals surface area contributed by atoms with Gasteiger partial charge in [0.2, 0.25) is 0 Å². The first-order chi connectivity index (χ1) is 6.08. The number of fused-ring (bicyclic) bond motifs is 1. The van der Waals surface area contributed by atoms with E-state index in [1.54, 1.807) is 0 Å². The summed E-state index contributed by atoms with van der Waals surface area (Å²) in [7, 11) is 0. The Morgan fingerprint density at radius 1 is 1.38 bits per heavy atom. The number of benzene rings is 1. The third-order valence-corrected chi connectivity index (χ3v) is 2.53. The van der Waals surface area contributed by atoms with Crippen LogP contribution >= 0.6 is 11.6 Å². The van der Waals surface area contributed by atoms with Gasteiger partial charge in [0.15, 0.2) is 0 Å². The summed E-state index contributed by atoms with van der Waals surface area (Å²) in [5.41, 5.74) is 0.931. The Balaban J connectivity index is 2.42. The van der Waals surface area contributed by atoms with Gasteiger partial charge in [-0.2, -0.15) is 0 Å². The Kier molecular flexibility index (Phi) is 1.99. The van der Waals surface area contributed by atoms with Gasteiger partial charge in [-0.15, -0.1) is 0 Å². The molecule has 1 aliphatic heterocycles. The minimum absolute atomic E-state index is 0.0995. The second-order valence-electron chi connectivity index (χ2n) is 3.92. The highest BCUT2D eigenvalue weighted by molar-refractivity contribution is 6.31. The zero-order valence-electron chi connectivity index (χ0n) is 7.80. The molecule has 1 heterocycles. The highest BCUT2D eigenvalue weighted by Crippen LogP contribution is 2.37. The van der Waals surface area contributed by atoms with Crippen molar-refractivity contribution in [1.82, 2.24) is 0 Å². The third-order valence-electron chi connectivity index (χ3n) is 2.20. The summed E-state index contributed by atoms with van der Waals surface area (Å²) in [6.07, 6.45) is 3.05. The van der Waals surface area contributed by atoms with Crippen molar-refractivity contribution in [3.63, 3.8) is 0 Å². The Hall–Kier alpha value is -0.690. The van der Waals surface area contributed by atoms with Gasteiger partial charge in [0.05, 0.1) is 0 Å². The van der Waals surface area contributed by atoms with Gasteiger partial charge < -0.3 is 4.74 Å². The van der Waals surface area contributed by atoms with E-state index in [-0.39, 0.29) is 5.60 Å². The van der Waals surface area contributed by atoms with Crippen LogP contribution in [0.15, 0.2) is 18.2 Å². The molecule has 0 aromatic heterocycles. The molecule has 1 nitrogen and oxygen atoms in total. The van der Waals surface area contributed by atoms with Gasteiger partial charge in [-0.05, 0) is 38.8 Å². The lowest BCUT2D eigenvalue weighted by molar-refractivity contribution is 0.0988. The maximum Gasteiger partial charge on any atom is 0.125 e. The lowest BCUT2D eigenvalue weighted by atomic mass is 9.94. The summed E-state index contributed by atoms with van der Waals surface area (Å²) in [4.78, 5) is 0. The van der Waals surface area contributed by atoms with Crippen LogP contribution in [0.25, 0.3) is 0 Å². The van der Waals surface area contributed by atoms with Crippen LogP contribution in [0.2, 0.25) is 5.02 Å². The van der Waals surface area contributed by atoms with Crippen LogP contribution in [0.4, 0.5) is 0 Å². The van der Waals surface area contributed by atoms with Crippen LogP contribution in [0.5, 0.6) is 5.75 Å². The molecular weight excluding hydrogens is 184 g/mol. The average Bonchev–Trinajstić information content (AvgIpc) is 2.02. The summed E-state index contributed by atoms with van der Waals surface area (Å²) < 4.78 is 5.78. The van der Waals surface area contributed by atoms with E-state index in [9.17, 15) is 0 Å². The van der Waals surface area contributed by atoms with Gasteiger partial charge in [-0.25, -0.2) is 0 Å². The Labute approximate surface area is 83.7 Å². The highest BCUT2D eigenvalue weighted by Gasteiger charge is 2.27. The second kappa shape index (κ2) is 2.91. The van der Waals surface area contributed by atoms with E-state index in [1.165, 1.54) is 0 Å². The molecule has 0 bridgehead atoms. The van der Waals surface area contributed by atoms with Gasteiger partial charge in [0, 0.05) is 10.6 Å². The van der Waals surface area contributed by atoms with Gasteiger partial charge >= 0.3 is 0 Å². The molecule has 13 heavy (non-hydrogen) atoms. The molecule has 0 atom stereocenters.